The van der Waals surface area contributed by atoms with Crippen LogP contribution in [0.5, 0.6) is 5.75 Å². The number of rotatable bonds is 10. The number of benzene rings is 3. The molecule has 2 heterocycles. The molecule has 214 valence electrons. The Labute approximate surface area is 243 Å². The molecule has 0 aromatic heterocycles. The van der Waals surface area contributed by atoms with Crippen molar-refractivity contribution in [3.63, 3.8) is 0 Å². The first-order valence-corrected chi connectivity index (χ1v) is 14.3. The molecular weight excluding hydrogens is 524 g/mol. The molecule has 2 saturated heterocycles. The highest BCUT2D eigenvalue weighted by molar-refractivity contribution is 5.85. The molecule has 0 saturated carbocycles. The summed E-state index contributed by atoms with van der Waals surface area (Å²) in [5, 5.41) is 25.2. The Morgan fingerprint density at radius 2 is 1.50 bits per heavy atom. The third kappa shape index (κ3) is 7.43. The number of carboxylic acids is 1. The maximum absolute atomic E-state index is 12.5. The molecule has 1 unspecified atom stereocenters. The van der Waals surface area contributed by atoms with Gasteiger partial charge in [0.2, 0.25) is 5.60 Å². The van der Waals surface area contributed by atoms with Crippen LogP contribution in [0.25, 0.3) is 0 Å². The lowest BCUT2D eigenvalue weighted by Gasteiger charge is -2.32. The monoisotopic (exact) mass is 564 g/mol. The molecule has 2 aliphatic rings. The smallest absolute Gasteiger partial charge is 0.345 e. The Balaban J connectivity index is 0.00000370. The van der Waals surface area contributed by atoms with Crippen molar-refractivity contribution in [1.82, 2.24) is 10.2 Å². The number of nitrogens with one attached hydrogen (secondary N) is 1. The van der Waals surface area contributed by atoms with Crippen LogP contribution in [0, 0.1) is 11.8 Å². The Kier molecular flexibility index (Phi) is 10.6. The quantitative estimate of drug-likeness (QED) is 0.311. The summed E-state index contributed by atoms with van der Waals surface area (Å²) in [6.07, 6.45) is 5.14. The molecule has 40 heavy (non-hydrogen) atoms. The number of aliphatic carboxylic acids is 1. The first kappa shape index (κ1) is 30.1. The van der Waals surface area contributed by atoms with Crippen LogP contribution in [0.3, 0.4) is 0 Å². The van der Waals surface area contributed by atoms with Crippen LogP contribution in [-0.4, -0.2) is 53.9 Å². The van der Waals surface area contributed by atoms with E-state index in [2.05, 4.69) is 40.5 Å². The Hall–Kier alpha value is -2.90. The van der Waals surface area contributed by atoms with Crippen LogP contribution in [0.1, 0.15) is 47.9 Å². The van der Waals surface area contributed by atoms with Gasteiger partial charge in [-0.05, 0) is 98.9 Å². The number of aliphatic hydroxyl groups is 1. The summed E-state index contributed by atoms with van der Waals surface area (Å²) in [5.41, 5.74) is 0.898. The van der Waals surface area contributed by atoms with Crippen molar-refractivity contribution in [2.45, 2.75) is 44.2 Å². The van der Waals surface area contributed by atoms with Crippen molar-refractivity contribution in [2.75, 3.05) is 32.8 Å². The predicted molar refractivity (Wildman–Crippen MR) is 160 cm³/mol. The fourth-order valence-corrected chi connectivity index (χ4v) is 5.95. The van der Waals surface area contributed by atoms with E-state index in [1.807, 2.05) is 18.2 Å². The summed E-state index contributed by atoms with van der Waals surface area (Å²) in [5.74, 6) is 0.321. The molecule has 0 bridgehead atoms. The molecule has 3 aromatic carbocycles. The van der Waals surface area contributed by atoms with Crippen LogP contribution < -0.4 is 10.1 Å². The van der Waals surface area contributed by atoms with E-state index in [1.54, 1.807) is 30.3 Å². The zero-order chi connectivity index (χ0) is 27.1. The average molecular weight is 565 g/mol. The van der Waals surface area contributed by atoms with Gasteiger partial charge in [0.15, 0.2) is 0 Å². The standard InChI is InChI=1S/C33H40N2O4.ClH/c36-32(37)33(38,29-9-5-2-6-10-29)30-20-28(21-31(22-30)39-24-27-11-15-34-16-12-27)19-25-13-17-35(18-14-25)23-26-7-3-1-4-8-26;/h1-10,20-22,25,27,34,38H,11-19,23-24H2,(H,36,37);1H. The Bertz CT molecular complexity index is 1210. The first-order chi connectivity index (χ1) is 19.0. The van der Waals surface area contributed by atoms with E-state index < -0.39 is 11.6 Å². The number of carbonyl (C=O) groups is 1. The van der Waals surface area contributed by atoms with Gasteiger partial charge in [0, 0.05) is 12.1 Å². The summed E-state index contributed by atoms with van der Waals surface area (Å²) < 4.78 is 6.27. The number of carboxylic acid groups (broad SMARTS) is 1. The van der Waals surface area contributed by atoms with Gasteiger partial charge in [-0.25, -0.2) is 4.79 Å². The molecule has 0 amide bonds. The zero-order valence-electron chi connectivity index (χ0n) is 23.0. The minimum atomic E-state index is -2.15. The average Bonchev–Trinajstić information content (AvgIpc) is 2.98. The summed E-state index contributed by atoms with van der Waals surface area (Å²) in [7, 11) is 0. The second kappa shape index (κ2) is 14.1. The van der Waals surface area contributed by atoms with E-state index >= 15 is 0 Å². The summed E-state index contributed by atoms with van der Waals surface area (Å²) in [6.45, 7) is 5.65. The third-order valence-corrected chi connectivity index (χ3v) is 8.31. The Morgan fingerprint density at radius 1 is 0.850 bits per heavy atom. The number of piperidine rings is 2. The van der Waals surface area contributed by atoms with Crippen molar-refractivity contribution < 1.29 is 19.7 Å². The molecule has 2 fully saturated rings. The number of ether oxygens (including phenoxy) is 1. The van der Waals surface area contributed by atoms with Crippen LogP contribution in [-0.2, 0) is 23.4 Å². The van der Waals surface area contributed by atoms with E-state index in [9.17, 15) is 15.0 Å². The van der Waals surface area contributed by atoms with Gasteiger partial charge in [-0.1, -0.05) is 66.7 Å². The van der Waals surface area contributed by atoms with Crippen molar-refractivity contribution in [3.05, 3.63) is 101 Å². The summed E-state index contributed by atoms with van der Waals surface area (Å²) >= 11 is 0. The van der Waals surface area contributed by atoms with Crippen molar-refractivity contribution >= 4 is 18.4 Å². The van der Waals surface area contributed by atoms with E-state index in [-0.39, 0.29) is 12.4 Å². The molecule has 5 rings (SSSR count). The lowest BCUT2D eigenvalue weighted by Crippen LogP contribution is -2.37. The molecule has 2 aliphatic heterocycles. The minimum Gasteiger partial charge on any atom is -0.493 e. The number of halogens is 1. The van der Waals surface area contributed by atoms with Crippen LogP contribution >= 0.6 is 12.4 Å². The molecule has 1 atom stereocenters. The largest absolute Gasteiger partial charge is 0.493 e. The molecular formula is C33H41ClN2O4. The normalized spacial score (nSPS) is 18.4. The number of nitrogens with zero attached hydrogens (tertiary/aromatic N) is 1. The fraction of sp³-hybridized carbons (Fsp3) is 0.424. The maximum atomic E-state index is 12.5. The second-order valence-electron chi connectivity index (χ2n) is 11.2. The van der Waals surface area contributed by atoms with Gasteiger partial charge in [-0.15, -0.1) is 12.4 Å². The number of hydrogen-bond acceptors (Lipinski definition) is 5. The predicted octanol–water partition coefficient (Wildman–Crippen LogP) is 5.26. The van der Waals surface area contributed by atoms with Gasteiger partial charge in [0.05, 0.1) is 6.61 Å². The van der Waals surface area contributed by atoms with Crippen molar-refractivity contribution in [3.8, 4) is 5.75 Å². The summed E-state index contributed by atoms with van der Waals surface area (Å²) in [4.78, 5) is 15.0. The molecule has 3 aromatic rings. The first-order valence-electron chi connectivity index (χ1n) is 14.3. The molecule has 3 N–H and O–H groups in total. The highest BCUT2D eigenvalue weighted by atomic mass is 35.5. The molecule has 7 heteroatoms. The summed E-state index contributed by atoms with van der Waals surface area (Å²) in [6, 6.07) is 24.9. The highest BCUT2D eigenvalue weighted by Gasteiger charge is 2.41. The van der Waals surface area contributed by atoms with Gasteiger partial charge in [-0.3, -0.25) is 4.90 Å². The van der Waals surface area contributed by atoms with Crippen LogP contribution in [0.15, 0.2) is 78.9 Å². The zero-order valence-corrected chi connectivity index (χ0v) is 23.8. The minimum absolute atomic E-state index is 0. The Morgan fingerprint density at radius 3 is 2.15 bits per heavy atom. The van der Waals surface area contributed by atoms with Gasteiger partial charge in [0.25, 0.3) is 0 Å². The van der Waals surface area contributed by atoms with E-state index in [4.69, 9.17) is 4.74 Å². The lowest BCUT2D eigenvalue weighted by atomic mass is 9.83. The van der Waals surface area contributed by atoms with E-state index in [0.717, 1.165) is 70.4 Å². The molecule has 0 radical (unpaired) electrons. The molecule has 0 aliphatic carbocycles. The number of hydrogen-bond donors (Lipinski definition) is 3. The maximum Gasteiger partial charge on any atom is 0.345 e. The third-order valence-electron chi connectivity index (χ3n) is 8.31. The van der Waals surface area contributed by atoms with Gasteiger partial charge >= 0.3 is 5.97 Å². The van der Waals surface area contributed by atoms with E-state index in [1.165, 1.54) is 5.56 Å². The topological polar surface area (TPSA) is 82.0 Å². The van der Waals surface area contributed by atoms with Crippen LogP contribution in [0.4, 0.5) is 0 Å². The molecule has 0 spiro atoms. The second-order valence-corrected chi connectivity index (χ2v) is 11.2. The van der Waals surface area contributed by atoms with Crippen molar-refractivity contribution in [2.24, 2.45) is 11.8 Å². The van der Waals surface area contributed by atoms with Gasteiger partial charge in [-0.2, -0.15) is 0 Å². The highest BCUT2D eigenvalue weighted by Crippen LogP contribution is 2.35. The van der Waals surface area contributed by atoms with Crippen LogP contribution in [0.2, 0.25) is 0 Å². The van der Waals surface area contributed by atoms with Gasteiger partial charge in [0.1, 0.15) is 5.75 Å². The fourth-order valence-electron chi connectivity index (χ4n) is 5.95. The SMILES string of the molecule is Cl.O=C(O)C(O)(c1ccccc1)c1cc(CC2CCN(Cc3ccccc3)CC2)cc(OCC2CCNCC2)c1. The van der Waals surface area contributed by atoms with Crippen molar-refractivity contribution in [1.29, 1.82) is 0 Å². The molecule has 6 nitrogen and oxygen atoms in total. The van der Waals surface area contributed by atoms with E-state index in [0.29, 0.717) is 35.3 Å². The number of likely N-dealkylation sites (tertiary alicyclic amines) is 1. The lowest BCUT2D eigenvalue weighted by molar-refractivity contribution is -0.155. The van der Waals surface area contributed by atoms with Gasteiger partial charge < -0.3 is 20.3 Å².